The lowest BCUT2D eigenvalue weighted by Crippen LogP contribution is -2.49. The number of benzene rings is 2. The van der Waals surface area contributed by atoms with Crippen molar-refractivity contribution in [3.8, 4) is 0 Å². The van der Waals surface area contributed by atoms with Crippen LogP contribution in [0, 0.1) is 0 Å². The van der Waals surface area contributed by atoms with Gasteiger partial charge in [0.05, 0.1) is 4.90 Å². The molecule has 0 bridgehead atoms. The van der Waals surface area contributed by atoms with Gasteiger partial charge < -0.3 is 15.1 Å². The van der Waals surface area contributed by atoms with Crippen LogP contribution in [-0.4, -0.2) is 75.3 Å². The third-order valence-corrected chi connectivity index (χ3v) is 8.11. The molecule has 0 unspecified atom stereocenters. The summed E-state index contributed by atoms with van der Waals surface area (Å²) in [6.07, 6.45) is 1.99. The van der Waals surface area contributed by atoms with Gasteiger partial charge in [-0.15, -0.1) is 0 Å². The summed E-state index contributed by atoms with van der Waals surface area (Å²) in [5.41, 5.74) is 1.54. The summed E-state index contributed by atoms with van der Waals surface area (Å²) in [6.45, 7) is 4.22. The SMILES string of the molecule is O=C(NCCC(=O)N1CCN(c2ccccc2)CC1)c1ccc(S(=O)(=O)N2CCCC2)cc1. The Labute approximate surface area is 195 Å². The molecule has 2 saturated heterocycles. The van der Waals surface area contributed by atoms with E-state index in [1.165, 1.54) is 28.6 Å². The van der Waals surface area contributed by atoms with Gasteiger partial charge in [-0.1, -0.05) is 18.2 Å². The number of sulfonamides is 1. The van der Waals surface area contributed by atoms with Crippen molar-refractivity contribution in [1.82, 2.24) is 14.5 Å². The molecule has 0 saturated carbocycles. The second-order valence-electron chi connectivity index (χ2n) is 8.34. The van der Waals surface area contributed by atoms with Crippen LogP contribution in [0.1, 0.15) is 29.6 Å². The third kappa shape index (κ3) is 5.54. The Bertz CT molecular complexity index is 1060. The lowest BCUT2D eigenvalue weighted by Gasteiger charge is -2.36. The molecule has 2 amide bonds. The second-order valence-corrected chi connectivity index (χ2v) is 10.3. The zero-order valence-electron chi connectivity index (χ0n) is 18.7. The van der Waals surface area contributed by atoms with Gasteiger partial charge in [0, 0.05) is 63.5 Å². The standard InChI is InChI=1S/C24H30N4O4S/c29-23(27-18-16-26(17-19-27)21-6-2-1-3-7-21)12-13-25-24(30)20-8-10-22(11-9-20)33(31,32)28-14-4-5-15-28/h1-3,6-11H,4-5,12-19H2,(H,25,30). The Morgan fingerprint density at radius 2 is 1.45 bits per heavy atom. The van der Waals surface area contributed by atoms with E-state index >= 15 is 0 Å². The van der Waals surface area contributed by atoms with Crippen LogP contribution in [0.4, 0.5) is 5.69 Å². The van der Waals surface area contributed by atoms with E-state index in [9.17, 15) is 18.0 Å². The van der Waals surface area contributed by atoms with E-state index in [1.54, 1.807) is 0 Å². The van der Waals surface area contributed by atoms with Crippen molar-refractivity contribution < 1.29 is 18.0 Å². The Hall–Kier alpha value is -2.91. The zero-order valence-corrected chi connectivity index (χ0v) is 19.5. The van der Waals surface area contributed by atoms with E-state index in [2.05, 4.69) is 22.3 Å². The molecule has 2 aromatic carbocycles. The minimum atomic E-state index is -3.50. The molecule has 8 nitrogen and oxygen atoms in total. The molecule has 2 aliphatic heterocycles. The average molecular weight is 471 g/mol. The maximum absolute atomic E-state index is 12.6. The highest BCUT2D eigenvalue weighted by molar-refractivity contribution is 7.89. The number of amides is 2. The van der Waals surface area contributed by atoms with Crippen LogP contribution in [0.15, 0.2) is 59.5 Å². The van der Waals surface area contributed by atoms with Crippen LogP contribution in [0.25, 0.3) is 0 Å². The average Bonchev–Trinajstić information content (AvgIpc) is 3.41. The first-order valence-corrected chi connectivity index (χ1v) is 12.9. The maximum Gasteiger partial charge on any atom is 0.251 e. The van der Waals surface area contributed by atoms with Gasteiger partial charge >= 0.3 is 0 Å². The van der Waals surface area contributed by atoms with Crippen molar-refractivity contribution in [2.45, 2.75) is 24.2 Å². The summed E-state index contributed by atoms with van der Waals surface area (Å²) in [4.78, 5) is 29.2. The number of anilines is 1. The summed E-state index contributed by atoms with van der Waals surface area (Å²) < 4.78 is 26.7. The topological polar surface area (TPSA) is 90.0 Å². The Balaban J connectivity index is 1.22. The van der Waals surface area contributed by atoms with Gasteiger partial charge in [-0.3, -0.25) is 9.59 Å². The highest BCUT2D eigenvalue weighted by atomic mass is 32.2. The number of carbonyl (C=O) groups excluding carboxylic acids is 2. The van der Waals surface area contributed by atoms with E-state index in [0.717, 1.165) is 31.6 Å². The molecule has 176 valence electrons. The van der Waals surface area contributed by atoms with Gasteiger partial charge in [0.25, 0.3) is 5.91 Å². The van der Waals surface area contributed by atoms with Crippen molar-refractivity contribution in [1.29, 1.82) is 0 Å². The predicted octanol–water partition coefficient (Wildman–Crippen LogP) is 1.94. The van der Waals surface area contributed by atoms with E-state index in [4.69, 9.17) is 0 Å². The summed E-state index contributed by atoms with van der Waals surface area (Å²) in [5.74, 6) is -0.295. The van der Waals surface area contributed by atoms with Crippen molar-refractivity contribution in [2.24, 2.45) is 0 Å². The molecule has 0 spiro atoms. The van der Waals surface area contributed by atoms with E-state index < -0.39 is 10.0 Å². The zero-order chi connectivity index (χ0) is 23.3. The van der Waals surface area contributed by atoms with Crippen LogP contribution < -0.4 is 10.2 Å². The molecule has 0 aromatic heterocycles. The van der Waals surface area contributed by atoms with E-state index in [0.29, 0.717) is 31.7 Å². The molecule has 2 heterocycles. The molecule has 2 fully saturated rings. The molecule has 2 aliphatic rings. The number of rotatable bonds is 7. The number of para-hydroxylation sites is 1. The van der Waals surface area contributed by atoms with Gasteiger partial charge in [-0.05, 0) is 49.2 Å². The first-order valence-electron chi connectivity index (χ1n) is 11.4. The molecular weight excluding hydrogens is 440 g/mol. The molecule has 33 heavy (non-hydrogen) atoms. The van der Waals surface area contributed by atoms with Gasteiger partial charge in [0.15, 0.2) is 0 Å². The number of hydrogen-bond acceptors (Lipinski definition) is 5. The lowest BCUT2D eigenvalue weighted by atomic mass is 10.2. The highest BCUT2D eigenvalue weighted by Crippen LogP contribution is 2.21. The van der Waals surface area contributed by atoms with Gasteiger partial charge in [-0.25, -0.2) is 8.42 Å². The fourth-order valence-corrected chi connectivity index (χ4v) is 5.77. The molecule has 1 N–H and O–H groups in total. The quantitative estimate of drug-likeness (QED) is 0.668. The number of carbonyl (C=O) groups is 2. The van der Waals surface area contributed by atoms with E-state index in [1.807, 2.05) is 23.1 Å². The molecular formula is C24H30N4O4S. The van der Waals surface area contributed by atoms with Crippen LogP contribution in [0.5, 0.6) is 0 Å². The van der Waals surface area contributed by atoms with Crippen LogP contribution in [0.3, 0.4) is 0 Å². The Kier molecular flexibility index (Phi) is 7.29. The number of piperazine rings is 1. The summed E-state index contributed by atoms with van der Waals surface area (Å²) in [6, 6.07) is 16.1. The minimum absolute atomic E-state index is 0.0232. The predicted molar refractivity (Wildman–Crippen MR) is 127 cm³/mol. The van der Waals surface area contributed by atoms with Gasteiger partial charge in [0.2, 0.25) is 15.9 Å². The van der Waals surface area contributed by atoms with Crippen molar-refractivity contribution in [3.63, 3.8) is 0 Å². The van der Waals surface area contributed by atoms with Gasteiger partial charge in [0.1, 0.15) is 0 Å². The largest absolute Gasteiger partial charge is 0.368 e. The number of nitrogens with zero attached hydrogens (tertiary/aromatic N) is 3. The molecule has 0 atom stereocenters. The summed E-state index contributed by atoms with van der Waals surface area (Å²) >= 11 is 0. The molecule has 0 aliphatic carbocycles. The van der Waals surface area contributed by atoms with Crippen LogP contribution >= 0.6 is 0 Å². The number of nitrogens with one attached hydrogen (secondary N) is 1. The Morgan fingerprint density at radius 3 is 2.09 bits per heavy atom. The number of hydrogen-bond donors (Lipinski definition) is 1. The van der Waals surface area contributed by atoms with Crippen LogP contribution in [0.2, 0.25) is 0 Å². The van der Waals surface area contributed by atoms with Gasteiger partial charge in [-0.2, -0.15) is 4.31 Å². The fourth-order valence-electron chi connectivity index (χ4n) is 4.25. The molecule has 0 radical (unpaired) electrons. The second kappa shape index (κ2) is 10.4. The highest BCUT2D eigenvalue weighted by Gasteiger charge is 2.27. The summed E-state index contributed by atoms with van der Waals surface area (Å²) in [7, 11) is -3.50. The van der Waals surface area contributed by atoms with Crippen molar-refractivity contribution in [2.75, 3.05) is 50.7 Å². The Morgan fingerprint density at radius 1 is 0.818 bits per heavy atom. The molecule has 4 rings (SSSR count). The van der Waals surface area contributed by atoms with Crippen LogP contribution in [-0.2, 0) is 14.8 Å². The first-order chi connectivity index (χ1) is 15.9. The van der Waals surface area contributed by atoms with E-state index in [-0.39, 0.29) is 29.7 Å². The minimum Gasteiger partial charge on any atom is -0.368 e. The third-order valence-electron chi connectivity index (χ3n) is 6.20. The smallest absolute Gasteiger partial charge is 0.251 e. The molecule has 2 aromatic rings. The fraction of sp³-hybridized carbons (Fsp3) is 0.417. The first kappa shape index (κ1) is 23.3. The maximum atomic E-state index is 12.6. The molecule has 9 heteroatoms. The van der Waals surface area contributed by atoms with Crippen molar-refractivity contribution >= 4 is 27.5 Å². The normalized spacial score (nSPS) is 17.2. The lowest BCUT2D eigenvalue weighted by molar-refractivity contribution is -0.131. The monoisotopic (exact) mass is 470 g/mol. The summed E-state index contributed by atoms with van der Waals surface area (Å²) in [5, 5.41) is 2.76. The van der Waals surface area contributed by atoms with Crippen molar-refractivity contribution in [3.05, 3.63) is 60.2 Å².